The molecule has 0 aliphatic rings. The number of aryl methyl sites for hydroxylation is 2. The molecule has 0 fully saturated rings. The fraction of sp³-hybridized carbons (Fsp3) is 0.188. The van der Waals surface area contributed by atoms with Crippen molar-refractivity contribution in [3.05, 3.63) is 62.5 Å². The average Bonchev–Trinajstić information content (AvgIpc) is 2.79. The van der Waals surface area contributed by atoms with E-state index in [0.717, 1.165) is 20.8 Å². The van der Waals surface area contributed by atoms with Gasteiger partial charge in [0.25, 0.3) is 5.56 Å². The van der Waals surface area contributed by atoms with Crippen LogP contribution in [-0.2, 0) is 6.54 Å². The summed E-state index contributed by atoms with van der Waals surface area (Å²) in [6.45, 7) is 4.43. The van der Waals surface area contributed by atoms with Gasteiger partial charge in [0.1, 0.15) is 4.83 Å². The van der Waals surface area contributed by atoms with E-state index in [-0.39, 0.29) is 5.56 Å². The van der Waals surface area contributed by atoms with Crippen molar-refractivity contribution >= 4 is 21.6 Å². The van der Waals surface area contributed by atoms with E-state index in [4.69, 9.17) is 5.26 Å². The third-order valence-electron chi connectivity index (χ3n) is 3.59. The van der Waals surface area contributed by atoms with Crippen LogP contribution >= 0.6 is 11.3 Å². The van der Waals surface area contributed by atoms with Crippen molar-refractivity contribution in [1.82, 2.24) is 9.55 Å². The minimum Gasteiger partial charge on any atom is -0.294 e. The lowest BCUT2D eigenvalue weighted by atomic mass is 10.1. The van der Waals surface area contributed by atoms with Crippen LogP contribution in [0.4, 0.5) is 0 Å². The summed E-state index contributed by atoms with van der Waals surface area (Å²) in [5, 5.41) is 9.52. The van der Waals surface area contributed by atoms with Crippen LogP contribution in [-0.4, -0.2) is 9.55 Å². The molecule has 2 aromatic heterocycles. The molecule has 21 heavy (non-hydrogen) atoms. The van der Waals surface area contributed by atoms with Gasteiger partial charge in [-0.1, -0.05) is 12.1 Å². The lowest BCUT2D eigenvalue weighted by Gasteiger charge is -2.05. The maximum Gasteiger partial charge on any atom is 0.262 e. The minimum atomic E-state index is -0.00814. The Morgan fingerprint density at radius 2 is 2.00 bits per heavy atom. The summed E-state index contributed by atoms with van der Waals surface area (Å²) in [7, 11) is 0. The molecule has 3 aromatic rings. The molecule has 0 N–H and O–H groups in total. The van der Waals surface area contributed by atoms with E-state index < -0.39 is 0 Å². The Bertz CT molecular complexity index is 914. The van der Waals surface area contributed by atoms with Crippen LogP contribution in [0.3, 0.4) is 0 Å². The molecule has 0 saturated carbocycles. The van der Waals surface area contributed by atoms with Gasteiger partial charge in [-0.25, -0.2) is 4.98 Å². The Hall–Kier alpha value is -2.45. The zero-order valence-corrected chi connectivity index (χ0v) is 12.6. The van der Waals surface area contributed by atoms with E-state index >= 15 is 0 Å². The number of aromatic nitrogens is 2. The topological polar surface area (TPSA) is 58.7 Å². The highest BCUT2D eigenvalue weighted by molar-refractivity contribution is 7.18. The number of nitrogens with zero attached hydrogens (tertiary/aromatic N) is 3. The number of thiophene rings is 1. The third-order valence-corrected chi connectivity index (χ3v) is 4.71. The van der Waals surface area contributed by atoms with Crippen LogP contribution in [0.5, 0.6) is 0 Å². The Morgan fingerprint density at radius 1 is 1.29 bits per heavy atom. The van der Waals surface area contributed by atoms with Crippen LogP contribution in [0.1, 0.15) is 21.6 Å². The molecule has 0 spiro atoms. The molecular formula is C16H13N3OS. The average molecular weight is 295 g/mol. The van der Waals surface area contributed by atoms with Crippen LogP contribution in [0, 0.1) is 25.2 Å². The fourth-order valence-corrected chi connectivity index (χ4v) is 3.25. The summed E-state index contributed by atoms with van der Waals surface area (Å²) in [6, 6.07) is 9.32. The second-order valence-corrected chi connectivity index (χ2v) is 6.15. The summed E-state index contributed by atoms with van der Waals surface area (Å²) < 4.78 is 1.61. The van der Waals surface area contributed by atoms with Crippen LogP contribution < -0.4 is 5.56 Å². The fourth-order valence-electron chi connectivity index (χ4n) is 2.26. The maximum atomic E-state index is 12.6. The minimum absolute atomic E-state index is 0.00814. The van der Waals surface area contributed by atoms with Gasteiger partial charge in [-0.05, 0) is 37.1 Å². The van der Waals surface area contributed by atoms with E-state index in [1.54, 1.807) is 34.4 Å². The first-order valence-electron chi connectivity index (χ1n) is 6.54. The van der Waals surface area contributed by atoms with Gasteiger partial charge in [-0.2, -0.15) is 5.26 Å². The van der Waals surface area contributed by atoms with Crippen LogP contribution in [0.15, 0.2) is 35.4 Å². The summed E-state index contributed by atoms with van der Waals surface area (Å²) in [5.74, 6) is 0. The molecule has 0 radical (unpaired) electrons. The van der Waals surface area contributed by atoms with Gasteiger partial charge in [-0.15, -0.1) is 11.3 Å². The second-order valence-electron chi connectivity index (χ2n) is 4.95. The van der Waals surface area contributed by atoms with Crippen LogP contribution in [0.25, 0.3) is 10.2 Å². The normalized spacial score (nSPS) is 10.7. The van der Waals surface area contributed by atoms with E-state index in [1.807, 2.05) is 26.0 Å². The quantitative estimate of drug-likeness (QED) is 0.730. The number of hydrogen-bond acceptors (Lipinski definition) is 4. The highest BCUT2D eigenvalue weighted by Crippen LogP contribution is 2.25. The predicted octanol–water partition coefficient (Wildman–Crippen LogP) is 2.99. The number of nitriles is 1. The van der Waals surface area contributed by atoms with E-state index in [2.05, 4.69) is 11.1 Å². The van der Waals surface area contributed by atoms with Crippen molar-refractivity contribution in [2.24, 2.45) is 0 Å². The molecule has 0 unspecified atom stereocenters. The van der Waals surface area contributed by atoms with Crippen molar-refractivity contribution < 1.29 is 0 Å². The van der Waals surface area contributed by atoms with Crippen molar-refractivity contribution in [3.8, 4) is 6.07 Å². The Morgan fingerprint density at radius 3 is 2.67 bits per heavy atom. The summed E-state index contributed by atoms with van der Waals surface area (Å²) in [4.78, 5) is 18.9. The van der Waals surface area contributed by atoms with Gasteiger partial charge in [0, 0.05) is 4.88 Å². The zero-order chi connectivity index (χ0) is 15.0. The summed E-state index contributed by atoms with van der Waals surface area (Å²) >= 11 is 1.55. The molecule has 3 rings (SSSR count). The smallest absolute Gasteiger partial charge is 0.262 e. The number of benzene rings is 1. The Labute approximate surface area is 125 Å². The molecular weight excluding hydrogens is 282 g/mol. The lowest BCUT2D eigenvalue weighted by molar-refractivity contribution is 0.749. The standard InChI is InChI=1S/C16H13N3OS/c1-10-11(2)21-15-14(10)16(20)19(9-18-15)8-13-5-3-12(7-17)4-6-13/h3-6,9H,8H2,1-2H3. The van der Waals surface area contributed by atoms with Crippen molar-refractivity contribution in [1.29, 1.82) is 5.26 Å². The maximum absolute atomic E-state index is 12.6. The van der Waals surface area contributed by atoms with Crippen LogP contribution in [0.2, 0.25) is 0 Å². The van der Waals surface area contributed by atoms with Crippen molar-refractivity contribution in [2.75, 3.05) is 0 Å². The van der Waals surface area contributed by atoms with Gasteiger partial charge in [-0.3, -0.25) is 9.36 Å². The van der Waals surface area contributed by atoms with E-state index in [9.17, 15) is 4.79 Å². The highest BCUT2D eigenvalue weighted by Gasteiger charge is 2.12. The highest BCUT2D eigenvalue weighted by atomic mass is 32.1. The summed E-state index contributed by atoms with van der Waals surface area (Å²) in [5.41, 5.74) is 2.60. The molecule has 1 aromatic carbocycles. The SMILES string of the molecule is Cc1sc2ncn(Cc3ccc(C#N)cc3)c(=O)c2c1C. The number of hydrogen-bond donors (Lipinski definition) is 0. The van der Waals surface area contributed by atoms with Gasteiger partial charge >= 0.3 is 0 Å². The number of rotatable bonds is 2. The molecule has 0 saturated heterocycles. The first kappa shape index (κ1) is 13.5. The van der Waals surface area contributed by atoms with E-state index in [1.165, 1.54) is 0 Å². The largest absolute Gasteiger partial charge is 0.294 e. The molecule has 0 atom stereocenters. The Kier molecular flexibility index (Phi) is 3.32. The molecule has 0 aliphatic carbocycles. The molecule has 0 amide bonds. The van der Waals surface area contributed by atoms with Crippen molar-refractivity contribution in [2.45, 2.75) is 20.4 Å². The third kappa shape index (κ3) is 2.34. The van der Waals surface area contributed by atoms with Gasteiger partial charge in [0.2, 0.25) is 0 Å². The predicted molar refractivity (Wildman–Crippen MR) is 83.6 cm³/mol. The number of fused-ring (bicyclic) bond motifs is 1. The first-order valence-corrected chi connectivity index (χ1v) is 7.36. The first-order chi connectivity index (χ1) is 10.1. The molecule has 2 heterocycles. The van der Waals surface area contributed by atoms with Gasteiger partial charge < -0.3 is 0 Å². The zero-order valence-electron chi connectivity index (χ0n) is 11.8. The molecule has 0 bridgehead atoms. The summed E-state index contributed by atoms with van der Waals surface area (Å²) in [6.07, 6.45) is 1.60. The molecule has 4 nitrogen and oxygen atoms in total. The Balaban J connectivity index is 2.04. The second kappa shape index (κ2) is 5.15. The lowest BCUT2D eigenvalue weighted by Crippen LogP contribution is -2.21. The van der Waals surface area contributed by atoms with Crippen molar-refractivity contribution in [3.63, 3.8) is 0 Å². The van der Waals surface area contributed by atoms with E-state index in [0.29, 0.717) is 17.5 Å². The molecule has 104 valence electrons. The molecule has 5 heteroatoms. The van der Waals surface area contributed by atoms with Gasteiger partial charge in [0.15, 0.2) is 0 Å². The monoisotopic (exact) mass is 295 g/mol. The molecule has 0 aliphatic heterocycles. The van der Waals surface area contributed by atoms with Gasteiger partial charge in [0.05, 0.1) is 29.9 Å².